The Labute approximate surface area is 141 Å². The van der Waals surface area contributed by atoms with Gasteiger partial charge in [-0.25, -0.2) is 4.99 Å². The van der Waals surface area contributed by atoms with E-state index in [0.29, 0.717) is 22.2 Å². The number of piperidine rings is 1. The molecule has 1 fully saturated rings. The van der Waals surface area contributed by atoms with E-state index in [2.05, 4.69) is 22.1 Å². The Bertz CT molecular complexity index is 603. The van der Waals surface area contributed by atoms with E-state index in [1.54, 1.807) is 6.92 Å². The molecule has 0 aliphatic carbocycles. The van der Waals surface area contributed by atoms with Crippen molar-refractivity contribution in [1.29, 1.82) is 0 Å². The highest BCUT2D eigenvalue weighted by atomic mass is 35.5. The molecule has 6 heteroatoms. The highest BCUT2D eigenvalue weighted by molar-refractivity contribution is 6.45. The van der Waals surface area contributed by atoms with Crippen molar-refractivity contribution in [3.05, 3.63) is 22.0 Å². The minimum Gasteiger partial charge on any atom is -0.377 e. The second-order valence-electron chi connectivity index (χ2n) is 7.17. The van der Waals surface area contributed by atoms with Gasteiger partial charge in [0.2, 0.25) is 0 Å². The number of rotatable bonds is 2. The molecule has 2 unspecified atom stereocenters. The van der Waals surface area contributed by atoms with E-state index in [1.807, 2.05) is 6.92 Å². The standard InChI is InChI=1S/C17H24ClF2N3/c1-9-6-5-7-23(8-9)15-10(2)16(17(4,19)20)22-13-12(18)11(3)21-14(13)15/h9,14-15,21H,5-8H2,1-4H3/t9-,14?,15?/m1/s1. The summed E-state index contributed by atoms with van der Waals surface area (Å²) in [6, 6.07) is -0.240. The highest BCUT2D eigenvalue weighted by Crippen LogP contribution is 2.39. The van der Waals surface area contributed by atoms with Crippen molar-refractivity contribution in [3.63, 3.8) is 0 Å². The molecular weight excluding hydrogens is 320 g/mol. The number of hydrogen-bond donors (Lipinski definition) is 1. The van der Waals surface area contributed by atoms with Gasteiger partial charge in [0.1, 0.15) is 5.70 Å². The molecule has 3 atom stereocenters. The van der Waals surface area contributed by atoms with Crippen molar-refractivity contribution in [2.24, 2.45) is 10.9 Å². The predicted molar refractivity (Wildman–Crippen MR) is 90.0 cm³/mol. The molecule has 1 N–H and O–H groups in total. The molecule has 1 saturated heterocycles. The quantitative estimate of drug-likeness (QED) is 0.823. The van der Waals surface area contributed by atoms with Crippen LogP contribution < -0.4 is 5.32 Å². The molecule has 3 rings (SSSR count). The lowest BCUT2D eigenvalue weighted by Gasteiger charge is -2.43. The third-order valence-electron chi connectivity index (χ3n) is 5.08. The molecule has 3 aliphatic rings. The summed E-state index contributed by atoms with van der Waals surface area (Å²) in [5.74, 6) is -2.38. The first kappa shape index (κ1) is 16.9. The minimum atomic E-state index is -2.96. The Hall–Kier alpha value is -0.940. The molecule has 0 bridgehead atoms. The number of halogens is 3. The van der Waals surface area contributed by atoms with Crippen LogP contribution in [0.3, 0.4) is 0 Å². The molecule has 0 amide bonds. The maximum Gasteiger partial charge on any atom is 0.286 e. The van der Waals surface area contributed by atoms with Gasteiger partial charge in [0.15, 0.2) is 0 Å². The smallest absolute Gasteiger partial charge is 0.286 e. The highest BCUT2D eigenvalue weighted by Gasteiger charge is 2.46. The number of allylic oxidation sites excluding steroid dienone is 2. The molecule has 0 saturated carbocycles. The third-order valence-corrected chi connectivity index (χ3v) is 5.56. The maximum atomic E-state index is 14.1. The first-order valence-electron chi connectivity index (χ1n) is 8.25. The Kier molecular flexibility index (Phi) is 4.30. The van der Waals surface area contributed by atoms with E-state index in [4.69, 9.17) is 11.6 Å². The zero-order valence-electron chi connectivity index (χ0n) is 14.1. The van der Waals surface area contributed by atoms with E-state index >= 15 is 0 Å². The SMILES string of the molecule is CC1=C(Cl)C2=NC(C(C)(F)F)=C(C)C(N3CCC[C@@H](C)C3)C2N1. The fraction of sp³-hybridized carbons (Fsp3) is 0.706. The van der Waals surface area contributed by atoms with Crippen LogP contribution in [0.25, 0.3) is 0 Å². The Morgan fingerprint density at radius 3 is 2.65 bits per heavy atom. The van der Waals surface area contributed by atoms with Crippen LogP contribution in [-0.4, -0.2) is 41.7 Å². The number of alkyl halides is 2. The van der Waals surface area contributed by atoms with Crippen molar-refractivity contribution in [3.8, 4) is 0 Å². The predicted octanol–water partition coefficient (Wildman–Crippen LogP) is 3.91. The van der Waals surface area contributed by atoms with Gasteiger partial charge in [-0.05, 0) is 44.7 Å². The number of likely N-dealkylation sites (tertiary alicyclic amines) is 1. The lowest BCUT2D eigenvalue weighted by Crippen LogP contribution is -2.56. The Balaban J connectivity index is 2.04. The summed E-state index contributed by atoms with van der Waals surface area (Å²) >= 11 is 6.33. The molecule has 0 spiro atoms. The zero-order chi connectivity index (χ0) is 16.9. The van der Waals surface area contributed by atoms with E-state index in [-0.39, 0.29) is 17.8 Å². The lowest BCUT2D eigenvalue weighted by molar-refractivity contribution is 0.0564. The summed E-state index contributed by atoms with van der Waals surface area (Å²) in [6.45, 7) is 8.65. The summed E-state index contributed by atoms with van der Waals surface area (Å²) in [4.78, 5) is 6.58. The summed E-state index contributed by atoms with van der Waals surface area (Å²) in [7, 11) is 0. The largest absolute Gasteiger partial charge is 0.377 e. The van der Waals surface area contributed by atoms with Crippen LogP contribution in [-0.2, 0) is 0 Å². The normalized spacial score (nSPS) is 32.8. The number of aliphatic imine (C=N–C) groups is 1. The average Bonchev–Trinajstić information content (AvgIpc) is 2.72. The molecule has 3 nitrogen and oxygen atoms in total. The summed E-state index contributed by atoms with van der Waals surface area (Å²) in [5.41, 5.74) is 1.92. The molecule has 23 heavy (non-hydrogen) atoms. The first-order chi connectivity index (χ1) is 10.7. The van der Waals surface area contributed by atoms with E-state index < -0.39 is 5.92 Å². The van der Waals surface area contributed by atoms with Crippen molar-refractivity contribution in [1.82, 2.24) is 10.2 Å². The number of nitrogens with zero attached hydrogens (tertiary/aromatic N) is 2. The van der Waals surface area contributed by atoms with Gasteiger partial charge in [-0.15, -0.1) is 0 Å². The Morgan fingerprint density at radius 2 is 2.04 bits per heavy atom. The van der Waals surface area contributed by atoms with Gasteiger partial charge >= 0.3 is 0 Å². The van der Waals surface area contributed by atoms with Crippen LogP contribution in [0, 0.1) is 5.92 Å². The maximum absolute atomic E-state index is 14.1. The lowest BCUT2D eigenvalue weighted by atomic mass is 9.87. The van der Waals surface area contributed by atoms with Gasteiger partial charge in [-0.3, -0.25) is 4.90 Å². The van der Waals surface area contributed by atoms with Gasteiger partial charge in [-0.2, -0.15) is 8.78 Å². The second kappa shape index (κ2) is 5.85. The van der Waals surface area contributed by atoms with Crippen LogP contribution in [0.1, 0.15) is 40.5 Å². The van der Waals surface area contributed by atoms with Crippen LogP contribution in [0.5, 0.6) is 0 Å². The fourth-order valence-electron chi connectivity index (χ4n) is 4.05. The number of fused-ring (bicyclic) bond motifs is 1. The van der Waals surface area contributed by atoms with Crippen molar-refractivity contribution in [2.45, 2.75) is 58.5 Å². The number of hydrogen-bond acceptors (Lipinski definition) is 3. The van der Waals surface area contributed by atoms with E-state index in [0.717, 1.165) is 32.1 Å². The van der Waals surface area contributed by atoms with Gasteiger partial charge in [0.05, 0.1) is 22.8 Å². The molecular formula is C17H24ClF2N3. The minimum absolute atomic E-state index is 0.114. The van der Waals surface area contributed by atoms with Gasteiger partial charge in [0, 0.05) is 19.2 Å². The van der Waals surface area contributed by atoms with Crippen LogP contribution in [0.15, 0.2) is 27.0 Å². The van der Waals surface area contributed by atoms with Crippen molar-refractivity contribution >= 4 is 17.3 Å². The number of nitrogens with one attached hydrogen (secondary N) is 1. The Morgan fingerprint density at radius 1 is 1.35 bits per heavy atom. The van der Waals surface area contributed by atoms with Crippen molar-refractivity contribution < 1.29 is 8.78 Å². The fourth-order valence-corrected chi connectivity index (χ4v) is 4.26. The molecule has 0 aromatic carbocycles. The van der Waals surface area contributed by atoms with Crippen LogP contribution in [0.4, 0.5) is 8.78 Å². The van der Waals surface area contributed by atoms with E-state index in [9.17, 15) is 8.78 Å². The molecule has 0 aromatic rings. The first-order valence-corrected chi connectivity index (χ1v) is 8.63. The van der Waals surface area contributed by atoms with Gasteiger partial charge < -0.3 is 5.32 Å². The van der Waals surface area contributed by atoms with Crippen LogP contribution >= 0.6 is 11.6 Å². The second-order valence-corrected chi connectivity index (χ2v) is 7.54. The van der Waals surface area contributed by atoms with Crippen LogP contribution in [0.2, 0.25) is 0 Å². The summed E-state index contributed by atoms with van der Waals surface area (Å²) in [6.07, 6.45) is 2.29. The monoisotopic (exact) mass is 343 g/mol. The topological polar surface area (TPSA) is 27.6 Å². The average molecular weight is 344 g/mol. The van der Waals surface area contributed by atoms with Crippen molar-refractivity contribution in [2.75, 3.05) is 13.1 Å². The molecule has 128 valence electrons. The third kappa shape index (κ3) is 2.93. The zero-order valence-corrected chi connectivity index (χ0v) is 14.8. The molecule has 0 radical (unpaired) electrons. The molecule has 0 aromatic heterocycles. The van der Waals surface area contributed by atoms with Gasteiger partial charge in [0.25, 0.3) is 5.92 Å². The van der Waals surface area contributed by atoms with Gasteiger partial charge in [-0.1, -0.05) is 18.5 Å². The van der Waals surface area contributed by atoms with E-state index in [1.165, 1.54) is 6.42 Å². The molecule has 3 aliphatic heterocycles. The summed E-state index contributed by atoms with van der Waals surface area (Å²) in [5, 5.41) is 3.85. The summed E-state index contributed by atoms with van der Waals surface area (Å²) < 4.78 is 28.2. The molecule has 3 heterocycles.